The molecule has 2 N–H and O–H groups in total. The molecule has 0 spiro atoms. The zero-order valence-electron chi connectivity index (χ0n) is 13.0. The highest BCUT2D eigenvalue weighted by Crippen LogP contribution is 2.30. The first kappa shape index (κ1) is 16.1. The maximum absolute atomic E-state index is 12.0. The third kappa shape index (κ3) is 5.21. The standard InChI is InChI=1S/C16H28N2O3/c1-12-2-4-13(5-3-12)6-8-17-16(21)18-9-7-14(11-18)10-15(19)20/h12-14H,2-11H2,1H3,(H,17,21)(H,19,20). The van der Waals surface area contributed by atoms with Crippen molar-refractivity contribution in [1.29, 1.82) is 0 Å². The van der Waals surface area contributed by atoms with Gasteiger partial charge in [0.25, 0.3) is 0 Å². The van der Waals surface area contributed by atoms with Crippen LogP contribution in [0.3, 0.4) is 0 Å². The monoisotopic (exact) mass is 296 g/mol. The van der Waals surface area contributed by atoms with Crippen LogP contribution in [-0.4, -0.2) is 41.6 Å². The van der Waals surface area contributed by atoms with Gasteiger partial charge in [-0.3, -0.25) is 4.79 Å². The molecule has 1 atom stereocenters. The van der Waals surface area contributed by atoms with Crippen LogP contribution in [0.15, 0.2) is 0 Å². The summed E-state index contributed by atoms with van der Waals surface area (Å²) in [7, 11) is 0. The van der Waals surface area contributed by atoms with Crippen molar-refractivity contribution in [2.45, 2.75) is 51.9 Å². The number of nitrogens with one attached hydrogen (secondary N) is 1. The van der Waals surface area contributed by atoms with E-state index in [0.29, 0.717) is 13.1 Å². The number of amides is 2. The first-order chi connectivity index (χ1) is 10.0. The van der Waals surface area contributed by atoms with Crippen molar-refractivity contribution in [3.8, 4) is 0 Å². The van der Waals surface area contributed by atoms with E-state index in [0.717, 1.165) is 31.2 Å². The van der Waals surface area contributed by atoms with Gasteiger partial charge in [0.2, 0.25) is 0 Å². The Morgan fingerprint density at radius 3 is 2.52 bits per heavy atom. The highest BCUT2D eigenvalue weighted by Gasteiger charge is 2.27. The average Bonchev–Trinajstić information content (AvgIpc) is 2.88. The molecule has 2 aliphatic rings. The normalized spacial score (nSPS) is 29.4. The van der Waals surface area contributed by atoms with Crippen molar-refractivity contribution in [3.05, 3.63) is 0 Å². The fourth-order valence-electron chi connectivity index (χ4n) is 3.54. The predicted octanol–water partition coefficient (Wildman–Crippen LogP) is 2.71. The summed E-state index contributed by atoms with van der Waals surface area (Å²) < 4.78 is 0. The second-order valence-electron chi connectivity index (χ2n) is 6.85. The zero-order chi connectivity index (χ0) is 15.2. The van der Waals surface area contributed by atoms with Gasteiger partial charge in [0.05, 0.1) is 0 Å². The Hall–Kier alpha value is -1.26. The van der Waals surface area contributed by atoms with E-state index in [9.17, 15) is 9.59 Å². The summed E-state index contributed by atoms with van der Waals surface area (Å²) >= 11 is 0. The minimum Gasteiger partial charge on any atom is -0.481 e. The van der Waals surface area contributed by atoms with Gasteiger partial charge >= 0.3 is 12.0 Å². The number of carbonyl (C=O) groups excluding carboxylic acids is 1. The molecular formula is C16H28N2O3. The van der Waals surface area contributed by atoms with Crippen LogP contribution in [0.2, 0.25) is 0 Å². The molecule has 21 heavy (non-hydrogen) atoms. The van der Waals surface area contributed by atoms with Crippen molar-refractivity contribution < 1.29 is 14.7 Å². The molecule has 5 nitrogen and oxygen atoms in total. The molecule has 0 aromatic rings. The Morgan fingerprint density at radius 1 is 1.14 bits per heavy atom. The molecule has 1 aliphatic carbocycles. The summed E-state index contributed by atoms with van der Waals surface area (Å²) in [6.45, 7) is 4.33. The van der Waals surface area contributed by atoms with Crippen LogP contribution in [0, 0.1) is 17.8 Å². The number of carboxylic acid groups (broad SMARTS) is 1. The maximum Gasteiger partial charge on any atom is 0.317 e. The average molecular weight is 296 g/mol. The van der Waals surface area contributed by atoms with Crippen LogP contribution < -0.4 is 5.32 Å². The first-order valence-corrected chi connectivity index (χ1v) is 8.29. The van der Waals surface area contributed by atoms with Crippen molar-refractivity contribution in [2.75, 3.05) is 19.6 Å². The van der Waals surface area contributed by atoms with Gasteiger partial charge < -0.3 is 15.3 Å². The summed E-state index contributed by atoms with van der Waals surface area (Å²) in [6, 6.07) is -0.0212. The minimum atomic E-state index is -0.770. The topological polar surface area (TPSA) is 69.6 Å². The number of rotatable bonds is 5. The molecular weight excluding hydrogens is 268 g/mol. The Morgan fingerprint density at radius 2 is 1.86 bits per heavy atom. The SMILES string of the molecule is CC1CCC(CCNC(=O)N2CCC(CC(=O)O)C2)CC1. The van der Waals surface area contributed by atoms with Crippen molar-refractivity contribution >= 4 is 12.0 Å². The summed E-state index contributed by atoms with van der Waals surface area (Å²) in [5.74, 6) is 0.980. The van der Waals surface area contributed by atoms with E-state index in [1.807, 2.05) is 0 Å². The smallest absolute Gasteiger partial charge is 0.317 e. The molecule has 1 heterocycles. The van der Waals surface area contributed by atoms with E-state index in [2.05, 4.69) is 12.2 Å². The molecule has 0 radical (unpaired) electrons. The van der Waals surface area contributed by atoms with E-state index in [1.54, 1.807) is 4.90 Å². The van der Waals surface area contributed by atoms with Gasteiger partial charge in [0, 0.05) is 26.1 Å². The molecule has 0 bridgehead atoms. The fourth-order valence-corrected chi connectivity index (χ4v) is 3.54. The van der Waals surface area contributed by atoms with Gasteiger partial charge in [-0.2, -0.15) is 0 Å². The van der Waals surface area contributed by atoms with Gasteiger partial charge in [-0.25, -0.2) is 4.79 Å². The highest BCUT2D eigenvalue weighted by molar-refractivity contribution is 5.74. The van der Waals surface area contributed by atoms with Gasteiger partial charge in [-0.05, 0) is 30.6 Å². The molecule has 1 aliphatic heterocycles. The van der Waals surface area contributed by atoms with Crippen LogP contribution in [0.25, 0.3) is 0 Å². The summed E-state index contributed by atoms with van der Waals surface area (Å²) in [5.41, 5.74) is 0. The van der Waals surface area contributed by atoms with Crippen LogP contribution in [0.5, 0.6) is 0 Å². The van der Waals surface area contributed by atoms with Gasteiger partial charge in [0.15, 0.2) is 0 Å². The van der Waals surface area contributed by atoms with Crippen LogP contribution >= 0.6 is 0 Å². The van der Waals surface area contributed by atoms with Crippen molar-refractivity contribution in [2.24, 2.45) is 17.8 Å². The van der Waals surface area contributed by atoms with E-state index in [1.165, 1.54) is 25.7 Å². The van der Waals surface area contributed by atoms with E-state index in [4.69, 9.17) is 5.11 Å². The number of nitrogens with zero attached hydrogens (tertiary/aromatic N) is 1. The summed E-state index contributed by atoms with van der Waals surface area (Å²) in [6.07, 6.45) is 7.28. The van der Waals surface area contributed by atoms with E-state index in [-0.39, 0.29) is 18.4 Å². The third-order valence-corrected chi connectivity index (χ3v) is 5.00. The molecule has 120 valence electrons. The van der Waals surface area contributed by atoms with Crippen LogP contribution in [0.1, 0.15) is 51.9 Å². The number of likely N-dealkylation sites (tertiary alicyclic amines) is 1. The van der Waals surface area contributed by atoms with Gasteiger partial charge in [-0.1, -0.05) is 32.6 Å². The second kappa shape index (κ2) is 7.66. The number of aliphatic carboxylic acids is 1. The molecule has 5 heteroatoms. The molecule has 0 aromatic carbocycles. The second-order valence-corrected chi connectivity index (χ2v) is 6.85. The van der Waals surface area contributed by atoms with Crippen molar-refractivity contribution in [1.82, 2.24) is 10.2 Å². The molecule has 0 aromatic heterocycles. The lowest BCUT2D eigenvalue weighted by Crippen LogP contribution is -2.39. The Labute approximate surface area is 127 Å². The van der Waals surface area contributed by atoms with Gasteiger partial charge in [0.1, 0.15) is 0 Å². The maximum atomic E-state index is 12.0. The molecule has 1 unspecified atom stereocenters. The Bertz CT molecular complexity index is 365. The number of urea groups is 1. The zero-order valence-corrected chi connectivity index (χ0v) is 13.0. The number of hydrogen-bond donors (Lipinski definition) is 2. The van der Waals surface area contributed by atoms with Crippen molar-refractivity contribution in [3.63, 3.8) is 0 Å². The molecule has 1 saturated heterocycles. The molecule has 2 fully saturated rings. The molecule has 1 saturated carbocycles. The lowest BCUT2D eigenvalue weighted by Gasteiger charge is -2.26. The summed E-state index contributed by atoms with van der Waals surface area (Å²) in [5, 5.41) is 11.8. The number of hydrogen-bond acceptors (Lipinski definition) is 2. The quantitative estimate of drug-likeness (QED) is 0.819. The number of carbonyl (C=O) groups is 2. The summed E-state index contributed by atoms with van der Waals surface area (Å²) in [4.78, 5) is 24.5. The van der Waals surface area contributed by atoms with Gasteiger partial charge in [-0.15, -0.1) is 0 Å². The largest absolute Gasteiger partial charge is 0.481 e. The minimum absolute atomic E-state index is 0.0212. The molecule has 2 amide bonds. The number of carboxylic acids is 1. The first-order valence-electron chi connectivity index (χ1n) is 8.29. The van der Waals surface area contributed by atoms with Crippen LogP contribution in [-0.2, 0) is 4.79 Å². The molecule has 2 rings (SSSR count). The Kier molecular flexibility index (Phi) is 5.88. The highest BCUT2D eigenvalue weighted by atomic mass is 16.4. The van der Waals surface area contributed by atoms with E-state index >= 15 is 0 Å². The third-order valence-electron chi connectivity index (χ3n) is 5.00. The fraction of sp³-hybridized carbons (Fsp3) is 0.875. The van der Waals surface area contributed by atoms with E-state index < -0.39 is 5.97 Å². The Balaban J connectivity index is 1.60. The van der Waals surface area contributed by atoms with Crippen LogP contribution in [0.4, 0.5) is 4.79 Å². The predicted molar refractivity (Wildman–Crippen MR) is 81.1 cm³/mol. The lowest BCUT2D eigenvalue weighted by atomic mass is 9.81. The lowest BCUT2D eigenvalue weighted by molar-refractivity contribution is -0.138.